The van der Waals surface area contributed by atoms with Crippen molar-refractivity contribution in [3.63, 3.8) is 0 Å². The van der Waals surface area contributed by atoms with E-state index >= 15 is 0 Å². The summed E-state index contributed by atoms with van der Waals surface area (Å²) in [7, 11) is 0.349. The molecule has 0 amide bonds. The van der Waals surface area contributed by atoms with E-state index in [0.717, 1.165) is 31.2 Å². The number of likely N-dealkylation sites (N-methyl/N-ethyl adjacent to an activating group) is 1. The Balaban J connectivity index is 2.16. The lowest BCUT2D eigenvalue weighted by Gasteiger charge is -2.35. The van der Waals surface area contributed by atoms with Crippen LogP contribution in [0.3, 0.4) is 0 Å². The lowest BCUT2D eigenvalue weighted by Crippen LogP contribution is -2.50. The first-order valence-corrected chi connectivity index (χ1v) is 10.1. The molecule has 2 rings (SSSR count). The van der Waals surface area contributed by atoms with Crippen molar-refractivity contribution >= 4 is 18.6 Å². The first-order chi connectivity index (χ1) is 13.1. The Morgan fingerprint density at radius 2 is 1.93 bits per heavy atom. The van der Waals surface area contributed by atoms with Gasteiger partial charge in [0.05, 0.1) is 11.7 Å². The monoisotopic (exact) mass is 391 g/mol. The van der Waals surface area contributed by atoms with Gasteiger partial charge in [0.25, 0.3) is 0 Å². The molecule has 1 fully saturated rings. The maximum absolute atomic E-state index is 13.0. The third kappa shape index (κ3) is 6.89. The number of carbonyl (C=O) groups is 1. The molecule has 0 heterocycles. The van der Waals surface area contributed by atoms with E-state index in [1.807, 2.05) is 45.7 Å². The molecule has 1 aliphatic carbocycles. The number of esters is 1. The Labute approximate surface area is 169 Å². The van der Waals surface area contributed by atoms with Gasteiger partial charge < -0.3 is 19.5 Å². The van der Waals surface area contributed by atoms with Crippen molar-refractivity contribution < 1.29 is 24.3 Å². The molecular weight excluding hydrogens is 357 g/mol. The molecule has 0 bridgehead atoms. The van der Waals surface area contributed by atoms with Crippen molar-refractivity contribution in [3.05, 3.63) is 29.8 Å². The molecule has 1 saturated carbocycles. The molecule has 7 heteroatoms. The second-order valence-corrected chi connectivity index (χ2v) is 8.76. The molecule has 1 unspecified atom stereocenters. The van der Waals surface area contributed by atoms with Crippen LogP contribution in [-0.2, 0) is 20.8 Å². The topological polar surface area (TPSA) is 79.2 Å². The molecule has 1 aliphatic rings. The third-order valence-electron chi connectivity index (χ3n) is 4.97. The minimum Gasteiger partial charge on any atom is -0.461 e. The number of hydrogen-bond donors (Lipinski definition) is 2. The Kier molecular flexibility index (Phi) is 8.07. The average Bonchev–Trinajstić information content (AvgIpc) is 3.06. The summed E-state index contributed by atoms with van der Waals surface area (Å²) in [5, 5.41) is 18.8. The molecule has 2 N–H and O–H groups in total. The zero-order valence-electron chi connectivity index (χ0n) is 17.7. The third-order valence-corrected chi connectivity index (χ3v) is 4.97. The van der Waals surface area contributed by atoms with Crippen molar-refractivity contribution in [3.8, 4) is 0 Å². The predicted molar refractivity (Wildman–Crippen MR) is 110 cm³/mol. The Morgan fingerprint density at radius 1 is 1.29 bits per heavy atom. The van der Waals surface area contributed by atoms with Crippen LogP contribution in [0.2, 0.25) is 0 Å². The lowest BCUT2D eigenvalue weighted by molar-refractivity contribution is -0.165. The molecular formula is C21H34BNO5. The summed E-state index contributed by atoms with van der Waals surface area (Å²) in [6.45, 7) is 8.26. The van der Waals surface area contributed by atoms with Gasteiger partial charge in [0.1, 0.15) is 12.1 Å². The highest BCUT2D eigenvalue weighted by Gasteiger charge is 2.35. The standard InChI is InChI=1S/C21H34BNO5/c1-15(28-21(2,3)4)19(20(24)27-18-11-6-7-12-18)23(5)14-16-9-8-10-17(13-16)22(25)26/h8-10,13,15,18-19,25-26H,6-7,11-12,14H2,1-5H3/t15-,19?/m1/s1. The van der Waals surface area contributed by atoms with E-state index in [1.165, 1.54) is 0 Å². The van der Waals surface area contributed by atoms with E-state index in [4.69, 9.17) is 9.47 Å². The van der Waals surface area contributed by atoms with Crippen LogP contribution in [0, 0.1) is 0 Å². The summed E-state index contributed by atoms with van der Waals surface area (Å²) >= 11 is 0. The molecule has 28 heavy (non-hydrogen) atoms. The van der Waals surface area contributed by atoms with Gasteiger partial charge in [-0.1, -0.05) is 24.3 Å². The quantitative estimate of drug-likeness (QED) is 0.520. The second-order valence-electron chi connectivity index (χ2n) is 8.76. The van der Waals surface area contributed by atoms with E-state index < -0.39 is 13.2 Å². The van der Waals surface area contributed by atoms with E-state index in [-0.39, 0.29) is 23.8 Å². The first-order valence-electron chi connectivity index (χ1n) is 10.1. The molecule has 0 aromatic heterocycles. The Bertz CT molecular complexity index is 640. The van der Waals surface area contributed by atoms with Crippen LogP contribution < -0.4 is 5.46 Å². The van der Waals surface area contributed by atoms with E-state index in [0.29, 0.717) is 12.0 Å². The van der Waals surface area contributed by atoms with Gasteiger partial charge >= 0.3 is 13.1 Å². The number of nitrogens with zero attached hydrogens (tertiary/aromatic N) is 1. The summed E-state index contributed by atoms with van der Waals surface area (Å²) in [6.07, 6.45) is 3.69. The maximum atomic E-state index is 13.0. The number of hydrogen-bond acceptors (Lipinski definition) is 6. The van der Waals surface area contributed by atoms with Crippen LogP contribution in [-0.4, -0.2) is 58.9 Å². The summed E-state index contributed by atoms with van der Waals surface area (Å²) in [6, 6.07) is 6.51. The number of benzene rings is 1. The van der Waals surface area contributed by atoms with Crippen molar-refractivity contribution in [2.24, 2.45) is 0 Å². The fraction of sp³-hybridized carbons (Fsp3) is 0.667. The van der Waals surface area contributed by atoms with Crippen molar-refractivity contribution in [2.75, 3.05) is 7.05 Å². The molecule has 2 atom stereocenters. The van der Waals surface area contributed by atoms with Gasteiger partial charge in [-0.2, -0.15) is 0 Å². The lowest BCUT2D eigenvalue weighted by atomic mass is 9.79. The van der Waals surface area contributed by atoms with Crippen molar-refractivity contribution in [1.29, 1.82) is 0 Å². The summed E-state index contributed by atoms with van der Waals surface area (Å²) in [5.41, 5.74) is 0.928. The second kappa shape index (κ2) is 9.88. The minimum absolute atomic E-state index is 0.00176. The number of rotatable bonds is 8. The maximum Gasteiger partial charge on any atom is 0.488 e. The largest absolute Gasteiger partial charge is 0.488 e. The highest BCUT2D eigenvalue weighted by Crippen LogP contribution is 2.24. The van der Waals surface area contributed by atoms with Gasteiger partial charge in [-0.25, -0.2) is 0 Å². The van der Waals surface area contributed by atoms with E-state index in [1.54, 1.807) is 18.2 Å². The molecule has 6 nitrogen and oxygen atoms in total. The van der Waals surface area contributed by atoms with Gasteiger partial charge in [0.15, 0.2) is 0 Å². The van der Waals surface area contributed by atoms with Crippen molar-refractivity contribution in [2.45, 2.75) is 83.8 Å². The first kappa shape index (κ1) is 22.9. The van der Waals surface area contributed by atoms with E-state index in [2.05, 4.69) is 0 Å². The van der Waals surface area contributed by atoms with Gasteiger partial charge in [-0.15, -0.1) is 0 Å². The predicted octanol–water partition coefficient (Wildman–Crippen LogP) is 1.86. The van der Waals surface area contributed by atoms with Gasteiger partial charge in [0, 0.05) is 6.54 Å². The SMILES string of the molecule is C[C@@H](OC(C)(C)C)C(C(=O)OC1CCCC1)N(C)Cc1cccc(B(O)O)c1. The summed E-state index contributed by atoms with van der Waals surface area (Å²) in [4.78, 5) is 14.9. The Hall–Kier alpha value is -1.41. The zero-order chi connectivity index (χ0) is 20.9. The van der Waals surface area contributed by atoms with Crippen LogP contribution >= 0.6 is 0 Å². The fourth-order valence-corrected chi connectivity index (χ4v) is 3.83. The van der Waals surface area contributed by atoms with Gasteiger partial charge in [0.2, 0.25) is 0 Å². The molecule has 1 aromatic carbocycles. The summed E-state index contributed by atoms with van der Waals surface area (Å²) in [5.74, 6) is -0.260. The highest BCUT2D eigenvalue weighted by molar-refractivity contribution is 6.58. The normalized spacial score (nSPS) is 17.6. The molecule has 0 saturated heterocycles. The van der Waals surface area contributed by atoms with Gasteiger partial charge in [-0.3, -0.25) is 9.69 Å². The van der Waals surface area contributed by atoms with Crippen LogP contribution in [0.15, 0.2) is 24.3 Å². The van der Waals surface area contributed by atoms with Crippen LogP contribution in [0.25, 0.3) is 0 Å². The molecule has 156 valence electrons. The van der Waals surface area contributed by atoms with Crippen LogP contribution in [0.5, 0.6) is 0 Å². The number of ether oxygens (including phenoxy) is 2. The smallest absolute Gasteiger partial charge is 0.461 e. The van der Waals surface area contributed by atoms with Crippen molar-refractivity contribution in [1.82, 2.24) is 4.90 Å². The zero-order valence-corrected chi connectivity index (χ0v) is 17.7. The molecule has 0 spiro atoms. The van der Waals surface area contributed by atoms with Crippen LogP contribution in [0.1, 0.15) is 58.9 Å². The molecule has 1 aromatic rings. The van der Waals surface area contributed by atoms with Gasteiger partial charge in [-0.05, 0) is 71.5 Å². The number of carbonyl (C=O) groups excluding carboxylic acids is 1. The molecule has 0 aliphatic heterocycles. The summed E-state index contributed by atoms with van der Waals surface area (Å²) < 4.78 is 11.9. The highest BCUT2D eigenvalue weighted by atomic mass is 16.6. The fourth-order valence-electron chi connectivity index (χ4n) is 3.83. The van der Waals surface area contributed by atoms with E-state index in [9.17, 15) is 14.8 Å². The minimum atomic E-state index is -1.52. The molecule has 0 radical (unpaired) electrons. The van der Waals surface area contributed by atoms with Crippen LogP contribution in [0.4, 0.5) is 0 Å². The average molecular weight is 391 g/mol. The Morgan fingerprint density at radius 3 is 2.50 bits per heavy atom.